The van der Waals surface area contributed by atoms with E-state index in [9.17, 15) is 0 Å². The molecule has 0 amide bonds. The Morgan fingerprint density at radius 2 is 2.25 bits per heavy atom. The fraction of sp³-hybridized carbons (Fsp3) is 0.909. The molecule has 4 nitrogen and oxygen atoms in total. The van der Waals surface area contributed by atoms with Crippen LogP contribution in [0.15, 0.2) is 0 Å². The van der Waals surface area contributed by atoms with Gasteiger partial charge in [-0.25, -0.2) is 0 Å². The lowest BCUT2D eigenvalue weighted by atomic mass is 10.1. The molecule has 1 aliphatic heterocycles. The van der Waals surface area contributed by atoms with Gasteiger partial charge < -0.3 is 19.7 Å². The molecule has 0 bridgehead atoms. The molecule has 1 N–H and O–H groups in total. The summed E-state index contributed by atoms with van der Waals surface area (Å²) in [6.45, 7) is 5.60. The highest BCUT2D eigenvalue weighted by Gasteiger charge is 2.24. The second-order valence-corrected chi connectivity index (χ2v) is 4.75. The monoisotopic (exact) mass is 246 g/mol. The molecule has 0 aromatic heterocycles. The first-order valence-corrected chi connectivity index (χ1v) is 6.11. The minimum absolute atomic E-state index is 0.263. The summed E-state index contributed by atoms with van der Waals surface area (Å²) in [7, 11) is 3.45. The number of rotatable bonds is 5. The number of hydrogen-bond acceptors (Lipinski definition) is 3. The molecule has 0 saturated carbocycles. The molecule has 2 unspecified atom stereocenters. The zero-order valence-corrected chi connectivity index (χ0v) is 11.2. The number of nitrogens with zero attached hydrogens (tertiary/aromatic N) is 1. The first kappa shape index (κ1) is 13.7. The Balaban J connectivity index is 2.27. The van der Waals surface area contributed by atoms with Gasteiger partial charge in [-0.05, 0) is 25.6 Å². The maximum Gasteiger partial charge on any atom is 0.169 e. The SMILES string of the molecule is COCC1CCN(C(=S)NC(C)COC)C1. The molecule has 1 saturated heterocycles. The predicted molar refractivity (Wildman–Crippen MR) is 68.6 cm³/mol. The summed E-state index contributed by atoms with van der Waals surface area (Å²) in [5.74, 6) is 0.613. The third-order valence-electron chi connectivity index (χ3n) is 2.76. The maximum absolute atomic E-state index is 5.36. The molecule has 0 spiro atoms. The van der Waals surface area contributed by atoms with Crippen molar-refractivity contribution in [2.75, 3.05) is 40.5 Å². The Hall–Kier alpha value is -0.390. The van der Waals surface area contributed by atoms with Gasteiger partial charge in [0.05, 0.1) is 13.2 Å². The number of methoxy groups -OCH3 is 2. The van der Waals surface area contributed by atoms with E-state index in [2.05, 4.69) is 17.1 Å². The average Bonchev–Trinajstić information content (AvgIpc) is 2.67. The molecular weight excluding hydrogens is 224 g/mol. The van der Waals surface area contributed by atoms with E-state index in [4.69, 9.17) is 21.7 Å². The van der Waals surface area contributed by atoms with Crippen LogP contribution in [0.4, 0.5) is 0 Å². The summed E-state index contributed by atoms with van der Waals surface area (Å²) in [6, 6.07) is 0.263. The van der Waals surface area contributed by atoms with Crippen molar-refractivity contribution in [3.8, 4) is 0 Å². The van der Waals surface area contributed by atoms with Crippen molar-refractivity contribution in [3.05, 3.63) is 0 Å². The smallest absolute Gasteiger partial charge is 0.169 e. The molecule has 2 atom stereocenters. The zero-order chi connectivity index (χ0) is 12.0. The van der Waals surface area contributed by atoms with Gasteiger partial charge in [0, 0.05) is 39.3 Å². The van der Waals surface area contributed by atoms with Gasteiger partial charge in [-0.2, -0.15) is 0 Å². The van der Waals surface area contributed by atoms with Gasteiger partial charge in [0.2, 0.25) is 0 Å². The lowest BCUT2D eigenvalue weighted by molar-refractivity contribution is 0.157. The first-order valence-electron chi connectivity index (χ1n) is 5.70. The summed E-state index contributed by atoms with van der Waals surface area (Å²) in [5, 5.41) is 4.11. The van der Waals surface area contributed by atoms with E-state index in [1.165, 1.54) is 0 Å². The highest BCUT2D eigenvalue weighted by atomic mass is 32.1. The number of thiocarbonyl (C=S) groups is 1. The van der Waals surface area contributed by atoms with E-state index in [0.29, 0.717) is 12.5 Å². The summed E-state index contributed by atoms with van der Waals surface area (Å²) in [6.07, 6.45) is 1.16. The Kier molecular flexibility index (Phi) is 6.01. The number of likely N-dealkylation sites (tertiary alicyclic amines) is 1. The molecule has 1 heterocycles. The van der Waals surface area contributed by atoms with Crippen LogP contribution in [0.2, 0.25) is 0 Å². The van der Waals surface area contributed by atoms with Gasteiger partial charge in [-0.3, -0.25) is 0 Å². The summed E-state index contributed by atoms with van der Waals surface area (Å²) >= 11 is 5.36. The van der Waals surface area contributed by atoms with Crippen molar-refractivity contribution in [2.24, 2.45) is 5.92 Å². The normalized spacial score (nSPS) is 22.2. The summed E-state index contributed by atoms with van der Waals surface area (Å²) < 4.78 is 10.2. The Labute approximate surface area is 103 Å². The van der Waals surface area contributed by atoms with Crippen LogP contribution in [0.5, 0.6) is 0 Å². The van der Waals surface area contributed by atoms with Crippen molar-refractivity contribution in [1.29, 1.82) is 0 Å². The van der Waals surface area contributed by atoms with E-state index in [1.807, 2.05) is 0 Å². The molecule has 16 heavy (non-hydrogen) atoms. The third kappa shape index (κ3) is 4.23. The van der Waals surface area contributed by atoms with Crippen LogP contribution >= 0.6 is 12.2 Å². The van der Waals surface area contributed by atoms with Gasteiger partial charge in [-0.1, -0.05) is 0 Å². The van der Waals surface area contributed by atoms with Gasteiger partial charge in [0.1, 0.15) is 0 Å². The van der Waals surface area contributed by atoms with Crippen LogP contribution in [-0.4, -0.2) is 56.6 Å². The van der Waals surface area contributed by atoms with Gasteiger partial charge >= 0.3 is 0 Å². The van der Waals surface area contributed by atoms with E-state index in [0.717, 1.165) is 31.2 Å². The Morgan fingerprint density at radius 3 is 2.88 bits per heavy atom. The molecule has 1 rings (SSSR count). The van der Waals surface area contributed by atoms with Crippen molar-refractivity contribution in [2.45, 2.75) is 19.4 Å². The van der Waals surface area contributed by atoms with Crippen LogP contribution in [-0.2, 0) is 9.47 Å². The fourth-order valence-corrected chi connectivity index (χ4v) is 2.35. The highest BCUT2D eigenvalue weighted by Crippen LogP contribution is 2.16. The van der Waals surface area contributed by atoms with Gasteiger partial charge in [-0.15, -0.1) is 0 Å². The zero-order valence-electron chi connectivity index (χ0n) is 10.4. The predicted octanol–water partition coefficient (Wildman–Crippen LogP) is 0.864. The van der Waals surface area contributed by atoms with Gasteiger partial charge in [0.25, 0.3) is 0 Å². The lowest BCUT2D eigenvalue weighted by Crippen LogP contribution is -2.44. The van der Waals surface area contributed by atoms with Crippen LogP contribution in [0.25, 0.3) is 0 Å². The lowest BCUT2D eigenvalue weighted by Gasteiger charge is -2.23. The van der Waals surface area contributed by atoms with Crippen molar-refractivity contribution in [1.82, 2.24) is 10.2 Å². The minimum Gasteiger partial charge on any atom is -0.384 e. The number of ether oxygens (including phenoxy) is 2. The second kappa shape index (κ2) is 7.04. The molecular formula is C11H22N2O2S. The van der Waals surface area contributed by atoms with E-state index in [-0.39, 0.29) is 6.04 Å². The summed E-state index contributed by atoms with van der Waals surface area (Å²) in [5.41, 5.74) is 0. The van der Waals surface area contributed by atoms with E-state index in [1.54, 1.807) is 14.2 Å². The van der Waals surface area contributed by atoms with Crippen LogP contribution < -0.4 is 5.32 Å². The standard InChI is InChI=1S/C11H22N2O2S/c1-9(7-14-2)12-11(16)13-5-4-10(6-13)8-15-3/h9-10H,4-8H2,1-3H3,(H,12,16). The number of hydrogen-bond donors (Lipinski definition) is 1. The fourth-order valence-electron chi connectivity index (χ4n) is 1.98. The molecule has 0 aliphatic carbocycles. The first-order chi connectivity index (χ1) is 7.67. The van der Waals surface area contributed by atoms with Crippen LogP contribution in [0, 0.1) is 5.92 Å². The molecule has 0 aromatic rings. The van der Waals surface area contributed by atoms with Crippen LogP contribution in [0.1, 0.15) is 13.3 Å². The van der Waals surface area contributed by atoms with Gasteiger partial charge in [0.15, 0.2) is 5.11 Å². The highest BCUT2D eigenvalue weighted by molar-refractivity contribution is 7.80. The average molecular weight is 246 g/mol. The second-order valence-electron chi connectivity index (χ2n) is 4.36. The molecule has 0 radical (unpaired) electrons. The third-order valence-corrected chi connectivity index (χ3v) is 3.14. The van der Waals surface area contributed by atoms with E-state index >= 15 is 0 Å². The topological polar surface area (TPSA) is 33.7 Å². The number of nitrogens with one attached hydrogen (secondary N) is 1. The minimum atomic E-state index is 0.263. The maximum atomic E-state index is 5.36. The van der Waals surface area contributed by atoms with Crippen molar-refractivity contribution >= 4 is 17.3 Å². The molecule has 1 aliphatic rings. The molecule has 5 heteroatoms. The Bertz CT molecular complexity index is 226. The van der Waals surface area contributed by atoms with Crippen LogP contribution in [0.3, 0.4) is 0 Å². The van der Waals surface area contributed by atoms with Crippen molar-refractivity contribution < 1.29 is 9.47 Å². The molecule has 94 valence electrons. The van der Waals surface area contributed by atoms with E-state index < -0.39 is 0 Å². The largest absolute Gasteiger partial charge is 0.384 e. The van der Waals surface area contributed by atoms with Crippen molar-refractivity contribution in [3.63, 3.8) is 0 Å². The quantitative estimate of drug-likeness (QED) is 0.728. The Morgan fingerprint density at radius 1 is 1.50 bits per heavy atom. The molecule has 1 fully saturated rings. The summed E-state index contributed by atoms with van der Waals surface area (Å²) in [4.78, 5) is 2.21. The molecule has 0 aromatic carbocycles.